The lowest BCUT2D eigenvalue weighted by Gasteiger charge is -2.16. The fraction of sp³-hybridized carbons (Fsp3) is 0.300. The van der Waals surface area contributed by atoms with Crippen molar-refractivity contribution in [2.24, 2.45) is 0 Å². The number of esters is 1. The zero-order chi connectivity index (χ0) is 19.3. The molecule has 1 atom stereocenters. The van der Waals surface area contributed by atoms with E-state index in [1.807, 2.05) is 39.0 Å². The second-order valence-corrected chi connectivity index (χ2v) is 6.98. The number of carbonyl (C=O) groups is 2. The molecule has 0 aliphatic carbocycles. The Morgan fingerprint density at radius 3 is 2.35 bits per heavy atom. The van der Waals surface area contributed by atoms with Crippen LogP contribution in [0.15, 0.2) is 36.4 Å². The van der Waals surface area contributed by atoms with Gasteiger partial charge in [-0.05, 0) is 49.6 Å². The molecule has 0 aliphatic rings. The molecule has 26 heavy (non-hydrogen) atoms. The fourth-order valence-corrected chi connectivity index (χ4v) is 2.97. The molecule has 4 nitrogen and oxygen atoms in total. The van der Waals surface area contributed by atoms with Crippen LogP contribution in [0.1, 0.15) is 35.2 Å². The molecule has 138 valence electrons. The second kappa shape index (κ2) is 9.06. The van der Waals surface area contributed by atoms with Crippen molar-refractivity contribution in [2.75, 3.05) is 6.61 Å². The van der Waals surface area contributed by atoms with Crippen molar-refractivity contribution in [1.29, 1.82) is 0 Å². The summed E-state index contributed by atoms with van der Waals surface area (Å²) in [7, 11) is 0. The Balaban J connectivity index is 1.86. The summed E-state index contributed by atoms with van der Waals surface area (Å²) in [5.41, 5.74) is 3.84. The Labute approximate surface area is 163 Å². The van der Waals surface area contributed by atoms with Crippen LogP contribution in [0, 0.1) is 13.8 Å². The number of amides is 1. The molecule has 1 N–H and O–H groups in total. The number of carbonyl (C=O) groups excluding carboxylic acids is 2. The highest BCUT2D eigenvalue weighted by atomic mass is 35.5. The van der Waals surface area contributed by atoms with Crippen molar-refractivity contribution in [1.82, 2.24) is 5.32 Å². The van der Waals surface area contributed by atoms with Gasteiger partial charge in [-0.3, -0.25) is 9.59 Å². The topological polar surface area (TPSA) is 55.4 Å². The number of halogens is 2. The summed E-state index contributed by atoms with van der Waals surface area (Å²) in [5.74, 6) is -0.927. The van der Waals surface area contributed by atoms with Crippen LogP contribution in [0.2, 0.25) is 10.0 Å². The quantitative estimate of drug-likeness (QED) is 0.730. The Hall–Kier alpha value is -2.04. The molecule has 0 saturated heterocycles. The Morgan fingerprint density at radius 1 is 1.08 bits per heavy atom. The van der Waals surface area contributed by atoms with E-state index in [0.717, 1.165) is 11.1 Å². The molecule has 0 bridgehead atoms. The van der Waals surface area contributed by atoms with Gasteiger partial charge in [0.1, 0.15) is 0 Å². The van der Waals surface area contributed by atoms with Gasteiger partial charge in [0.05, 0.1) is 12.5 Å². The average Bonchev–Trinajstić information content (AvgIpc) is 2.59. The normalized spacial score (nSPS) is 11.7. The highest BCUT2D eigenvalue weighted by Gasteiger charge is 2.15. The van der Waals surface area contributed by atoms with E-state index in [2.05, 4.69) is 5.32 Å². The number of benzene rings is 2. The van der Waals surface area contributed by atoms with Gasteiger partial charge in [0.25, 0.3) is 5.91 Å². The third kappa shape index (κ3) is 5.48. The molecule has 0 saturated carbocycles. The maximum atomic E-state index is 12.0. The third-order valence-electron chi connectivity index (χ3n) is 4.16. The van der Waals surface area contributed by atoms with Crippen LogP contribution in [0.3, 0.4) is 0 Å². The van der Waals surface area contributed by atoms with Gasteiger partial charge < -0.3 is 10.1 Å². The molecular weight excluding hydrogens is 373 g/mol. The molecule has 0 aliphatic heterocycles. The highest BCUT2D eigenvalue weighted by Crippen LogP contribution is 2.24. The van der Waals surface area contributed by atoms with E-state index < -0.39 is 5.97 Å². The summed E-state index contributed by atoms with van der Waals surface area (Å²) >= 11 is 12.1. The van der Waals surface area contributed by atoms with Crippen molar-refractivity contribution in [3.05, 3.63) is 68.7 Å². The molecule has 2 rings (SSSR count). The predicted octanol–water partition coefficient (Wildman–Crippen LogP) is 4.57. The molecule has 2 aromatic rings. The van der Waals surface area contributed by atoms with Gasteiger partial charge in [-0.15, -0.1) is 0 Å². The van der Waals surface area contributed by atoms with Crippen LogP contribution in [-0.4, -0.2) is 18.5 Å². The van der Waals surface area contributed by atoms with E-state index in [-0.39, 0.29) is 25.0 Å². The largest absolute Gasteiger partial charge is 0.455 e. The molecule has 0 heterocycles. The summed E-state index contributed by atoms with van der Waals surface area (Å²) < 4.78 is 5.03. The summed E-state index contributed by atoms with van der Waals surface area (Å²) in [6.45, 7) is 5.59. The minimum atomic E-state index is -0.561. The molecule has 0 unspecified atom stereocenters. The van der Waals surface area contributed by atoms with Crippen molar-refractivity contribution >= 4 is 35.1 Å². The SMILES string of the molecule is Cc1ccc([C@H](C)NC(=O)COC(=O)Cc2c(Cl)cccc2Cl)cc1C. The number of rotatable bonds is 6. The lowest BCUT2D eigenvalue weighted by atomic mass is 10.0. The second-order valence-electron chi connectivity index (χ2n) is 6.17. The van der Waals surface area contributed by atoms with E-state index in [4.69, 9.17) is 27.9 Å². The first-order valence-electron chi connectivity index (χ1n) is 8.23. The fourth-order valence-electron chi connectivity index (χ4n) is 2.44. The summed E-state index contributed by atoms with van der Waals surface area (Å²) in [5, 5.41) is 3.60. The number of ether oxygens (including phenoxy) is 1. The van der Waals surface area contributed by atoms with Crippen LogP contribution in [-0.2, 0) is 20.7 Å². The van der Waals surface area contributed by atoms with Gasteiger partial charge in [-0.25, -0.2) is 0 Å². The minimum absolute atomic E-state index is 0.0848. The van der Waals surface area contributed by atoms with Crippen molar-refractivity contribution in [3.63, 3.8) is 0 Å². The zero-order valence-corrected chi connectivity index (χ0v) is 16.4. The first-order chi connectivity index (χ1) is 12.3. The molecule has 0 spiro atoms. The number of nitrogens with one attached hydrogen (secondary N) is 1. The maximum Gasteiger partial charge on any atom is 0.310 e. The molecule has 6 heteroatoms. The van der Waals surface area contributed by atoms with E-state index in [1.54, 1.807) is 18.2 Å². The Bertz CT molecular complexity index is 800. The molecular formula is C20H21Cl2NO3. The molecule has 2 aromatic carbocycles. The van der Waals surface area contributed by atoms with E-state index in [0.29, 0.717) is 15.6 Å². The Kier molecular flexibility index (Phi) is 7.06. The summed E-state index contributed by atoms with van der Waals surface area (Å²) in [6.07, 6.45) is -0.0848. The van der Waals surface area contributed by atoms with Gasteiger partial charge in [-0.2, -0.15) is 0 Å². The lowest BCUT2D eigenvalue weighted by molar-refractivity contribution is -0.148. The number of aryl methyl sites for hydroxylation is 2. The van der Waals surface area contributed by atoms with Crippen LogP contribution < -0.4 is 5.32 Å². The molecule has 0 aromatic heterocycles. The highest BCUT2D eigenvalue weighted by molar-refractivity contribution is 6.36. The van der Waals surface area contributed by atoms with E-state index in [9.17, 15) is 9.59 Å². The first kappa shape index (κ1) is 20.3. The number of hydrogen-bond donors (Lipinski definition) is 1. The third-order valence-corrected chi connectivity index (χ3v) is 4.86. The average molecular weight is 394 g/mol. The molecule has 0 fully saturated rings. The van der Waals surface area contributed by atoms with Crippen molar-refractivity contribution in [3.8, 4) is 0 Å². The van der Waals surface area contributed by atoms with E-state index >= 15 is 0 Å². The smallest absolute Gasteiger partial charge is 0.310 e. The van der Waals surface area contributed by atoms with Gasteiger partial charge in [0, 0.05) is 15.6 Å². The van der Waals surface area contributed by atoms with Gasteiger partial charge in [0.15, 0.2) is 6.61 Å². The zero-order valence-electron chi connectivity index (χ0n) is 14.9. The predicted molar refractivity (Wildman–Crippen MR) is 104 cm³/mol. The van der Waals surface area contributed by atoms with E-state index in [1.165, 1.54) is 5.56 Å². The first-order valence-corrected chi connectivity index (χ1v) is 8.98. The number of hydrogen-bond acceptors (Lipinski definition) is 3. The molecule has 0 radical (unpaired) electrons. The summed E-state index contributed by atoms with van der Waals surface area (Å²) in [4.78, 5) is 24.0. The minimum Gasteiger partial charge on any atom is -0.455 e. The maximum absolute atomic E-state index is 12.0. The standard InChI is InChI=1S/C20H21Cl2NO3/c1-12-7-8-15(9-13(12)2)14(3)23-19(24)11-26-20(25)10-16-17(21)5-4-6-18(16)22/h4-9,14H,10-11H2,1-3H3,(H,23,24)/t14-/m0/s1. The van der Waals surface area contributed by atoms with Crippen LogP contribution in [0.5, 0.6) is 0 Å². The lowest BCUT2D eigenvalue weighted by Crippen LogP contribution is -2.31. The van der Waals surface area contributed by atoms with Crippen LogP contribution in [0.4, 0.5) is 0 Å². The van der Waals surface area contributed by atoms with Crippen LogP contribution in [0.25, 0.3) is 0 Å². The van der Waals surface area contributed by atoms with Crippen LogP contribution >= 0.6 is 23.2 Å². The van der Waals surface area contributed by atoms with Gasteiger partial charge >= 0.3 is 5.97 Å². The monoisotopic (exact) mass is 393 g/mol. The van der Waals surface area contributed by atoms with Gasteiger partial charge in [-0.1, -0.05) is 47.5 Å². The van der Waals surface area contributed by atoms with Crippen molar-refractivity contribution < 1.29 is 14.3 Å². The molecule has 1 amide bonds. The Morgan fingerprint density at radius 2 is 1.73 bits per heavy atom. The van der Waals surface area contributed by atoms with Crippen molar-refractivity contribution in [2.45, 2.75) is 33.2 Å². The van der Waals surface area contributed by atoms with Gasteiger partial charge in [0.2, 0.25) is 0 Å². The summed E-state index contributed by atoms with van der Waals surface area (Å²) in [6, 6.07) is 10.8.